The molecule has 0 fully saturated rings. The first kappa shape index (κ1) is 23.4. The van der Waals surface area contributed by atoms with Crippen molar-refractivity contribution in [3.63, 3.8) is 0 Å². The van der Waals surface area contributed by atoms with Gasteiger partial charge in [0.25, 0.3) is 0 Å². The highest BCUT2D eigenvalue weighted by atomic mass is 16.7. The number of phenolic OH excluding ortho intramolecular Hbond substituents is 1. The van der Waals surface area contributed by atoms with E-state index in [4.69, 9.17) is 13.9 Å². The van der Waals surface area contributed by atoms with Crippen LogP contribution in [-0.2, 0) is 11.2 Å². The summed E-state index contributed by atoms with van der Waals surface area (Å²) in [5, 5.41) is 23.9. The van der Waals surface area contributed by atoms with E-state index in [1.807, 2.05) is 30.3 Å². The van der Waals surface area contributed by atoms with Crippen LogP contribution in [0.15, 0.2) is 82.2 Å². The number of phenols is 1. The molecule has 36 heavy (non-hydrogen) atoms. The largest absolute Gasteiger partial charge is 0.508 e. The van der Waals surface area contributed by atoms with Crippen LogP contribution in [0.3, 0.4) is 0 Å². The zero-order chi connectivity index (χ0) is 25.1. The number of ether oxygens (including phenoxy) is 2. The van der Waals surface area contributed by atoms with Crippen molar-refractivity contribution in [1.82, 2.24) is 5.32 Å². The van der Waals surface area contributed by atoms with Crippen LogP contribution in [-0.4, -0.2) is 35.6 Å². The average molecular weight is 488 g/mol. The van der Waals surface area contributed by atoms with Crippen molar-refractivity contribution in [2.24, 2.45) is 0 Å². The van der Waals surface area contributed by atoms with Crippen molar-refractivity contribution in [3.8, 4) is 17.2 Å². The number of hydrogen-bond acceptors (Lipinski definition) is 7. The summed E-state index contributed by atoms with van der Waals surface area (Å²) in [7, 11) is 0. The molecule has 0 saturated carbocycles. The lowest BCUT2D eigenvalue weighted by Crippen LogP contribution is -2.40. The van der Waals surface area contributed by atoms with E-state index in [2.05, 4.69) is 5.32 Å². The summed E-state index contributed by atoms with van der Waals surface area (Å²) in [5.74, 6) is -0.562. The van der Waals surface area contributed by atoms with Crippen LogP contribution in [0.4, 0.5) is 0 Å². The van der Waals surface area contributed by atoms with Crippen molar-refractivity contribution in [2.75, 3.05) is 13.4 Å². The zero-order valence-electron chi connectivity index (χ0n) is 19.3. The monoisotopic (exact) mass is 487 g/mol. The molecule has 1 unspecified atom stereocenters. The number of carbonyl (C=O) groups is 1. The predicted octanol–water partition coefficient (Wildman–Crippen LogP) is 3.47. The normalized spacial score (nSPS) is 13.9. The molecule has 8 heteroatoms. The number of rotatable bonds is 8. The third-order valence-corrected chi connectivity index (χ3v) is 6.28. The number of aliphatic hydroxyl groups excluding tert-OH is 1. The molecule has 0 radical (unpaired) electrons. The zero-order valence-corrected chi connectivity index (χ0v) is 19.3. The van der Waals surface area contributed by atoms with Gasteiger partial charge in [0.15, 0.2) is 16.9 Å². The molecule has 3 aromatic carbocycles. The number of amides is 1. The lowest BCUT2D eigenvalue weighted by atomic mass is 9.87. The second-order valence-electron chi connectivity index (χ2n) is 8.67. The van der Waals surface area contributed by atoms with Gasteiger partial charge in [0.2, 0.25) is 12.7 Å². The van der Waals surface area contributed by atoms with Crippen molar-refractivity contribution in [2.45, 2.75) is 24.8 Å². The smallest absolute Gasteiger partial charge is 0.231 e. The van der Waals surface area contributed by atoms with Crippen LogP contribution in [0.2, 0.25) is 0 Å². The summed E-state index contributed by atoms with van der Waals surface area (Å²) in [5.41, 5.74) is 1.65. The summed E-state index contributed by atoms with van der Waals surface area (Å²) in [6.45, 7) is -0.238. The summed E-state index contributed by atoms with van der Waals surface area (Å²) in [6, 6.07) is 18.8. The first-order chi connectivity index (χ1) is 17.5. The molecule has 1 amide bonds. The molecule has 0 bridgehead atoms. The third-order valence-electron chi connectivity index (χ3n) is 6.28. The summed E-state index contributed by atoms with van der Waals surface area (Å²) < 4.78 is 16.5. The SMILES string of the molecule is O=C(CC(c1cc2c(cc1O)OCO2)c1coc2ccccc2c1=O)N[C@@H](CO)Cc1ccccc1. The Morgan fingerprint density at radius 2 is 1.69 bits per heavy atom. The predicted molar refractivity (Wildman–Crippen MR) is 132 cm³/mol. The van der Waals surface area contributed by atoms with Crippen molar-refractivity contribution in [3.05, 3.63) is 99.9 Å². The fourth-order valence-corrected chi connectivity index (χ4v) is 4.48. The number of benzene rings is 3. The minimum atomic E-state index is -0.837. The number of hydrogen-bond donors (Lipinski definition) is 3. The van der Waals surface area contributed by atoms with Crippen LogP contribution >= 0.6 is 0 Å². The van der Waals surface area contributed by atoms with E-state index >= 15 is 0 Å². The molecular weight excluding hydrogens is 462 g/mol. The minimum Gasteiger partial charge on any atom is -0.508 e. The molecule has 4 aromatic rings. The Kier molecular flexibility index (Phi) is 6.60. The fourth-order valence-electron chi connectivity index (χ4n) is 4.48. The van der Waals surface area contributed by atoms with Gasteiger partial charge in [-0.2, -0.15) is 0 Å². The summed E-state index contributed by atoms with van der Waals surface area (Å²) >= 11 is 0. The number of para-hydroxylation sites is 1. The lowest BCUT2D eigenvalue weighted by Gasteiger charge is -2.21. The Morgan fingerprint density at radius 3 is 2.47 bits per heavy atom. The Labute approximate surface area is 206 Å². The van der Waals surface area contributed by atoms with E-state index < -0.39 is 12.0 Å². The molecule has 2 heterocycles. The lowest BCUT2D eigenvalue weighted by molar-refractivity contribution is -0.122. The Hall–Kier alpha value is -4.30. The molecule has 5 rings (SSSR count). The average Bonchev–Trinajstić information content (AvgIpc) is 3.35. The van der Waals surface area contributed by atoms with Crippen LogP contribution in [0.5, 0.6) is 17.2 Å². The van der Waals surface area contributed by atoms with Gasteiger partial charge in [0.05, 0.1) is 24.3 Å². The van der Waals surface area contributed by atoms with E-state index in [0.717, 1.165) is 5.56 Å². The summed E-state index contributed by atoms with van der Waals surface area (Å²) in [4.78, 5) is 26.6. The van der Waals surface area contributed by atoms with Gasteiger partial charge in [-0.3, -0.25) is 9.59 Å². The van der Waals surface area contributed by atoms with Crippen molar-refractivity contribution < 1.29 is 28.9 Å². The molecular formula is C28H25NO7. The molecule has 1 aliphatic heterocycles. The maximum absolute atomic E-state index is 13.4. The van der Waals surface area contributed by atoms with E-state index in [9.17, 15) is 19.8 Å². The number of nitrogens with one attached hydrogen (secondary N) is 1. The molecule has 8 nitrogen and oxygen atoms in total. The van der Waals surface area contributed by atoms with Gasteiger partial charge < -0.3 is 29.4 Å². The molecule has 1 aliphatic rings. The number of carbonyl (C=O) groups excluding carboxylic acids is 1. The standard InChI is InChI=1S/C28H25NO7/c30-14-18(10-17-6-2-1-3-7-17)29-27(32)12-20(21-11-25-26(13-23(21)31)36-16-35-25)22-15-34-24-9-5-4-8-19(24)28(22)33/h1-9,11,13,15,18,20,30-31H,10,12,14,16H2,(H,29,32)/t18-,20?/m1/s1. The van der Waals surface area contributed by atoms with Gasteiger partial charge in [0, 0.05) is 29.5 Å². The maximum atomic E-state index is 13.4. The quantitative estimate of drug-likeness (QED) is 0.348. The Balaban J connectivity index is 1.49. The highest BCUT2D eigenvalue weighted by molar-refractivity contribution is 5.80. The topological polar surface area (TPSA) is 118 Å². The molecule has 3 N–H and O–H groups in total. The molecule has 184 valence electrons. The Bertz CT molecular complexity index is 1450. The highest BCUT2D eigenvalue weighted by Gasteiger charge is 2.29. The van der Waals surface area contributed by atoms with Gasteiger partial charge in [-0.25, -0.2) is 0 Å². The van der Waals surface area contributed by atoms with Crippen LogP contribution in [0.25, 0.3) is 11.0 Å². The van der Waals surface area contributed by atoms with Gasteiger partial charge in [-0.1, -0.05) is 42.5 Å². The number of aliphatic hydroxyl groups is 1. The molecule has 0 aliphatic carbocycles. The molecule has 1 aromatic heterocycles. The van der Waals surface area contributed by atoms with Gasteiger partial charge in [-0.15, -0.1) is 0 Å². The van der Waals surface area contributed by atoms with Crippen LogP contribution in [0, 0.1) is 0 Å². The van der Waals surface area contributed by atoms with E-state index in [1.165, 1.54) is 12.3 Å². The highest BCUT2D eigenvalue weighted by Crippen LogP contribution is 2.42. The maximum Gasteiger partial charge on any atom is 0.231 e. The van der Waals surface area contributed by atoms with E-state index in [0.29, 0.717) is 34.5 Å². The molecule has 0 saturated heterocycles. The van der Waals surface area contributed by atoms with Crippen molar-refractivity contribution in [1.29, 1.82) is 0 Å². The van der Waals surface area contributed by atoms with E-state index in [1.54, 1.807) is 30.3 Å². The minimum absolute atomic E-state index is 0.0131. The summed E-state index contributed by atoms with van der Waals surface area (Å²) in [6.07, 6.45) is 1.61. The number of fused-ring (bicyclic) bond motifs is 2. The second-order valence-corrected chi connectivity index (χ2v) is 8.67. The third kappa shape index (κ3) is 4.76. The fraction of sp³-hybridized carbons (Fsp3) is 0.214. The van der Waals surface area contributed by atoms with Gasteiger partial charge in [0.1, 0.15) is 11.3 Å². The van der Waals surface area contributed by atoms with Crippen molar-refractivity contribution >= 4 is 16.9 Å². The number of aromatic hydroxyl groups is 1. The Morgan fingerprint density at radius 1 is 0.972 bits per heavy atom. The first-order valence-electron chi connectivity index (χ1n) is 11.6. The first-order valence-corrected chi connectivity index (χ1v) is 11.6. The van der Waals surface area contributed by atoms with Gasteiger partial charge >= 0.3 is 0 Å². The second kappa shape index (κ2) is 10.1. The molecule has 2 atom stereocenters. The van der Waals surface area contributed by atoms with Gasteiger partial charge in [-0.05, 0) is 30.2 Å². The van der Waals surface area contributed by atoms with Crippen LogP contribution < -0.4 is 20.2 Å². The van der Waals surface area contributed by atoms with Crippen LogP contribution in [0.1, 0.15) is 29.0 Å². The van der Waals surface area contributed by atoms with E-state index in [-0.39, 0.29) is 42.5 Å². The molecule has 0 spiro atoms.